The summed E-state index contributed by atoms with van der Waals surface area (Å²) in [5, 5.41) is 19.2. The zero-order chi connectivity index (χ0) is 36.7. The van der Waals surface area contributed by atoms with Crippen molar-refractivity contribution in [2.24, 2.45) is 10.2 Å². The van der Waals surface area contributed by atoms with Crippen LogP contribution in [0.15, 0.2) is 61.3 Å². The molecule has 0 amide bonds. The number of fused-ring (bicyclic) bond motifs is 1. The minimum absolute atomic E-state index is 0. The van der Waals surface area contributed by atoms with Crippen molar-refractivity contribution in [1.29, 1.82) is 0 Å². The van der Waals surface area contributed by atoms with Crippen LogP contribution >= 0.6 is 0 Å². The zero-order valence-corrected chi connectivity index (χ0v) is 36.6. The quantitative estimate of drug-likeness (QED) is 0.0678. The molecule has 0 bridgehead atoms. The maximum atomic E-state index is 14.3. The molecule has 29 heteroatoms. The van der Waals surface area contributed by atoms with E-state index >= 15 is 0 Å². The van der Waals surface area contributed by atoms with Crippen molar-refractivity contribution in [2.75, 3.05) is 36.7 Å². The molecule has 21 nitrogen and oxygen atoms in total. The molecule has 0 aliphatic rings. The van der Waals surface area contributed by atoms with Crippen molar-refractivity contribution in [2.45, 2.75) is 14.7 Å². The Labute approximate surface area is 361 Å². The number of benzene rings is 3. The molecule has 1 heterocycles. The number of rotatable bonds is 12. The first-order valence-corrected chi connectivity index (χ1v) is 18.5. The van der Waals surface area contributed by atoms with E-state index in [1.54, 1.807) is 0 Å². The summed E-state index contributed by atoms with van der Waals surface area (Å²) >= 11 is 0. The van der Waals surface area contributed by atoms with E-state index in [1.807, 2.05) is 0 Å². The maximum absolute atomic E-state index is 14.3. The molecule has 4 aromatic rings. The number of methoxy groups -OCH3 is 1. The molecule has 0 atom stereocenters. The number of nitrogens with one attached hydrogen (secondary N) is 1. The van der Waals surface area contributed by atoms with Gasteiger partial charge in [-0.3, -0.25) is 4.55 Å². The normalized spacial score (nSPS) is 12.1. The second kappa shape index (κ2) is 18.3. The summed E-state index contributed by atoms with van der Waals surface area (Å²) in [4.78, 5) is 8.16. The standard InChI is InChI=1S/C23H22FN7O14S4.3Na/c1-31(7-8-46(33,34)35)23-27-21(24)26-22(28-23)25-15-6-4-12-13(20(15)49(42,43)44)10-17(48(39,40)41)18(19(12)32)30-29-14-5-3-11(47(36,37)38)9-16(14)45-2;;;/h3-6,9-10,32H,7-8H2,1-2H3,(H,33,34,35)(H,36,37,38)(H,39,40,41)(H,42,43,44)(H,25,26,27,28);;;/q;3*+1/p-3. The molecule has 0 saturated heterocycles. The molecule has 0 saturated carbocycles. The van der Waals surface area contributed by atoms with E-state index < -0.39 is 113 Å². The van der Waals surface area contributed by atoms with E-state index in [-0.39, 0.29) is 100 Å². The van der Waals surface area contributed by atoms with Gasteiger partial charge in [0.1, 0.15) is 42.3 Å². The Morgan fingerprint density at radius 2 is 1.52 bits per heavy atom. The summed E-state index contributed by atoms with van der Waals surface area (Å²) in [7, 11) is -18.4. The van der Waals surface area contributed by atoms with Crippen LogP contribution in [0.1, 0.15) is 0 Å². The molecule has 1 aromatic heterocycles. The Bertz CT molecular complexity index is 2480. The third-order valence-electron chi connectivity index (χ3n) is 6.27. The van der Waals surface area contributed by atoms with Crippen LogP contribution in [-0.2, 0) is 40.5 Å². The zero-order valence-electron chi connectivity index (χ0n) is 27.4. The van der Waals surface area contributed by atoms with Crippen molar-refractivity contribution in [3.8, 4) is 11.5 Å². The van der Waals surface area contributed by atoms with Crippen LogP contribution in [-0.4, -0.2) is 98.4 Å². The first-order valence-electron chi connectivity index (χ1n) is 12.6. The smallest absolute Gasteiger partial charge is 0.748 e. The van der Waals surface area contributed by atoms with Gasteiger partial charge in [0.05, 0.1) is 38.5 Å². The number of anilines is 3. The third kappa shape index (κ3) is 11.9. The van der Waals surface area contributed by atoms with E-state index in [2.05, 4.69) is 30.5 Å². The van der Waals surface area contributed by atoms with Crippen LogP contribution in [0.2, 0.25) is 0 Å². The molecule has 0 radical (unpaired) electrons. The number of ether oxygens (including phenoxy) is 1. The van der Waals surface area contributed by atoms with Gasteiger partial charge in [0.25, 0.3) is 10.1 Å². The van der Waals surface area contributed by atoms with Crippen molar-refractivity contribution >= 4 is 80.2 Å². The molecule has 0 aliphatic heterocycles. The van der Waals surface area contributed by atoms with Crippen molar-refractivity contribution in [1.82, 2.24) is 15.0 Å². The molecule has 52 heavy (non-hydrogen) atoms. The Morgan fingerprint density at radius 1 is 0.885 bits per heavy atom. The van der Waals surface area contributed by atoms with Crippen LogP contribution in [0.4, 0.5) is 33.3 Å². The number of aromatic hydroxyl groups is 1. The van der Waals surface area contributed by atoms with E-state index in [1.165, 1.54) is 7.05 Å². The summed E-state index contributed by atoms with van der Waals surface area (Å²) < 4.78 is 158. The number of hydrogen-bond acceptors (Lipinski definition) is 20. The molecule has 0 aliphatic carbocycles. The monoisotopic (exact) mass is 833 g/mol. The summed E-state index contributed by atoms with van der Waals surface area (Å²) in [6.45, 7) is -0.498. The topological polar surface area (TPSA) is 334 Å². The van der Waals surface area contributed by atoms with Crippen LogP contribution in [0, 0.1) is 6.08 Å². The first kappa shape index (κ1) is 48.3. The van der Waals surface area contributed by atoms with Gasteiger partial charge in [-0.2, -0.15) is 27.8 Å². The number of phenols is 1. The number of azo groups is 1. The van der Waals surface area contributed by atoms with E-state index in [0.717, 1.165) is 42.3 Å². The van der Waals surface area contributed by atoms with Crippen LogP contribution < -0.4 is 104 Å². The molecule has 3 N–H and O–H groups in total. The second-order valence-corrected chi connectivity index (χ2v) is 15.2. The molecule has 264 valence electrons. The molecule has 0 spiro atoms. The number of halogens is 1. The van der Waals surface area contributed by atoms with Gasteiger partial charge in [-0.1, -0.05) is 0 Å². The summed E-state index contributed by atoms with van der Waals surface area (Å²) in [5.74, 6) is -3.68. The van der Waals surface area contributed by atoms with Gasteiger partial charge in [-0.25, -0.2) is 25.3 Å². The minimum Gasteiger partial charge on any atom is -0.748 e. The fourth-order valence-corrected chi connectivity index (χ4v) is 6.55. The van der Waals surface area contributed by atoms with Gasteiger partial charge in [-0.05, 0) is 36.4 Å². The fourth-order valence-electron chi connectivity index (χ4n) is 4.09. The first-order chi connectivity index (χ1) is 22.5. The van der Waals surface area contributed by atoms with Gasteiger partial charge in [0.15, 0.2) is 5.75 Å². The predicted molar refractivity (Wildman–Crippen MR) is 159 cm³/mol. The molecule has 0 unspecified atom stereocenters. The minimum atomic E-state index is -5.64. The molecule has 4 rings (SSSR count). The van der Waals surface area contributed by atoms with Gasteiger partial charge in [-0.15, -0.1) is 10.2 Å². The van der Waals surface area contributed by atoms with E-state index in [0.29, 0.717) is 6.07 Å². The van der Waals surface area contributed by atoms with Crippen LogP contribution in [0.5, 0.6) is 11.5 Å². The van der Waals surface area contributed by atoms with Crippen molar-refractivity contribution in [3.05, 3.63) is 42.5 Å². The Kier molecular flexibility index (Phi) is 17.0. The van der Waals surface area contributed by atoms with Gasteiger partial charge < -0.3 is 33.7 Å². The summed E-state index contributed by atoms with van der Waals surface area (Å²) in [6, 6.07) is 4.80. The predicted octanol–water partition coefficient (Wildman–Crippen LogP) is -7.91. The second-order valence-electron chi connectivity index (χ2n) is 9.56. The SMILES string of the molecule is COc1cc(S(=O)(=O)[O-])ccc1N=Nc1c(S(=O)(=O)O)cc2c(S(=O)(=O)[O-])c(Nc3nc(F)nc(N(C)CCS(=O)(=O)[O-])n3)ccc2c1O.[Na+].[Na+].[Na+]. The number of phenolic OH excluding ortho intramolecular Hbond substituents is 1. The Balaban J connectivity index is 0.00000451. The molecule has 0 fully saturated rings. The van der Waals surface area contributed by atoms with Crippen LogP contribution in [0.3, 0.4) is 0 Å². The van der Waals surface area contributed by atoms with Crippen molar-refractivity contribution in [3.63, 3.8) is 0 Å². The van der Waals surface area contributed by atoms with E-state index in [4.69, 9.17) is 4.74 Å². The molecular weight excluding hydrogens is 815 g/mol. The van der Waals surface area contributed by atoms with Gasteiger partial charge >= 0.3 is 94.8 Å². The molecular formula is C23H19FN7Na3O14S4. The number of hydrogen-bond donors (Lipinski definition) is 3. The summed E-state index contributed by atoms with van der Waals surface area (Å²) in [5.41, 5.74) is -1.99. The third-order valence-corrected chi connectivity index (χ3v) is 9.59. The molecule has 3 aromatic carbocycles. The average Bonchev–Trinajstić information content (AvgIpc) is 2.96. The Morgan fingerprint density at radius 3 is 2.06 bits per heavy atom. The van der Waals surface area contributed by atoms with Gasteiger partial charge in [0, 0.05) is 24.4 Å². The maximum Gasteiger partial charge on any atom is 1.00 e. The number of nitrogens with zero attached hydrogens (tertiary/aromatic N) is 6. The number of aromatic nitrogens is 3. The summed E-state index contributed by atoms with van der Waals surface area (Å²) in [6.07, 6.45) is -1.47. The van der Waals surface area contributed by atoms with Gasteiger partial charge in [0.2, 0.25) is 11.9 Å². The fraction of sp³-hybridized carbons (Fsp3) is 0.174. The van der Waals surface area contributed by atoms with Crippen LogP contribution in [0.25, 0.3) is 10.8 Å². The van der Waals surface area contributed by atoms with E-state index in [9.17, 15) is 61.4 Å². The Hall–Kier alpha value is -1.70. The average molecular weight is 834 g/mol. The largest absolute Gasteiger partial charge is 1.00 e. The van der Waals surface area contributed by atoms with Crippen molar-refractivity contribution < 1.29 is 155 Å².